The van der Waals surface area contributed by atoms with E-state index >= 15 is 0 Å². The zero-order valence-corrected chi connectivity index (χ0v) is 14.0. The van der Waals surface area contributed by atoms with Crippen LogP contribution >= 0.6 is 0 Å². The van der Waals surface area contributed by atoms with Crippen molar-refractivity contribution in [3.8, 4) is 5.75 Å². The molecule has 2 N–H and O–H groups in total. The van der Waals surface area contributed by atoms with E-state index in [0.717, 1.165) is 23.3 Å². The van der Waals surface area contributed by atoms with E-state index in [-0.39, 0.29) is 17.7 Å². The maximum atomic E-state index is 12.0. The molecule has 1 fully saturated rings. The lowest BCUT2D eigenvalue weighted by atomic mass is 10.1. The lowest BCUT2D eigenvalue weighted by Gasteiger charge is -2.09. The largest absolute Gasteiger partial charge is 0.489 e. The Morgan fingerprint density at radius 3 is 2.48 bits per heavy atom. The summed E-state index contributed by atoms with van der Waals surface area (Å²) in [5.74, 6) is -0.411. The minimum absolute atomic E-state index is 0.141. The maximum absolute atomic E-state index is 12.0. The molecule has 0 heterocycles. The molecule has 25 heavy (non-hydrogen) atoms. The van der Waals surface area contributed by atoms with Crippen LogP contribution in [0.4, 0.5) is 0 Å². The first-order chi connectivity index (χ1) is 12.0. The highest BCUT2D eigenvalue weighted by Gasteiger charge is 2.44. The third-order valence-corrected chi connectivity index (χ3v) is 4.41. The fourth-order valence-corrected chi connectivity index (χ4v) is 2.79. The van der Waals surface area contributed by atoms with Crippen LogP contribution in [0.3, 0.4) is 0 Å². The number of rotatable bonds is 7. The van der Waals surface area contributed by atoms with Crippen molar-refractivity contribution in [3.05, 3.63) is 65.7 Å². The standard InChI is InChI=1S/C20H21NO4/c1-13(20(23)24)21-19(22)18-11-17(18)15-7-9-16(10-8-15)25-12-14-5-3-2-4-6-14/h2-10,13,17-18H,11-12H2,1H3,(H,21,22)(H,23,24)/t13-,17?,18?/m0/s1. The second-order valence-corrected chi connectivity index (χ2v) is 6.36. The predicted octanol–water partition coefficient (Wildman–Crippen LogP) is 2.96. The molecule has 2 unspecified atom stereocenters. The second kappa shape index (κ2) is 7.38. The van der Waals surface area contributed by atoms with Crippen molar-refractivity contribution in [1.82, 2.24) is 5.32 Å². The lowest BCUT2D eigenvalue weighted by molar-refractivity contribution is -0.141. The highest BCUT2D eigenvalue weighted by Crippen LogP contribution is 2.47. The van der Waals surface area contributed by atoms with Crippen molar-refractivity contribution >= 4 is 11.9 Å². The molecule has 0 aromatic heterocycles. The number of carboxylic acid groups (broad SMARTS) is 1. The summed E-state index contributed by atoms with van der Waals surface area (Å²) in [5.41, 5.74) is 2.19. The van der Waals surface area contributed by atoms with Gasteiger partial charge in [-0.3, -0.25) is 9.59 Å². The topological polar surface area (TPSA) is 75.6 Å². The fraction of sp³-hybridized carbons (Fsp3) is 0.300. The Morgan fingerprint density at radius 2 is 1.84 bits per heavy atom. The molecule has 1 aliphatic carbocycles. The summed E-state index contributed by atoms with van der Waals surface area (Å²) < 4.78 is 5.76. The van der Waals surface area contributed by atoms with E-state index in [1.807, 2.05) is 54.6 Å². The van der Waals surface area contributed by atoms with E-state index in [0.29, 0.717) is 6.61 Å². The Balaban J connectivity index is 1.51. The van der Waals surface area contributed by atoms with Crippen molar-refractivity contribution in [1.29, 1.82) is 0 Å². The van der Waals surface area contributed by atoms with Crippen molar-refractivity contribution < 1.29 is 19.4 Å². The molecule has 0 radical (unpaired) electrons. The molecule has 0 aliphatic heterocycles. The zero-order valence-electron chi connectivity index (χ0n) is 14.0. The molecule has 0 spiro atoms. The molecule has 1 amide bonds. The molecular weight excluding hydrogens is 318 g/mol. The van der Waals surface area contributed by atoms with Gasteiger partial charge in [0.1, 0.15) is 18.4 Å². The summed E-state index contributed by atoms with van der Waals surface area (Å²) >= 11 is 0. The third-order valence-electron chi connectivity index (χ3n) is 4.41. The van der Waals surface area contributed by atoms with E-state index in [1.165, 1.54) is 6.92 Å². The monoisotopic (exact) mass is 339 g/mol. The maximum Gasteiger partial charge on any atom is 0.325 e. The van der Waals surface area contributed by atoms with Gasteiger partial charge < -0.3 is 15.2 Å². The van der Waals surface area contributed by atoms with E-state index < -0.39 is 12.0 Å². The Kier molecular flexibility index (Phi) is 5.03. The van der Waals surface area contributed by atoms with Crippen LogP contribution in [0.15, 0.2) is 54.6 Å². The van der Waals surface area contributed by atoms with Gasteiger partial charge in [0.25, 0.3) is 0 Å². The minimum atomic E-state index is -1.02. The van der Waals surface area contributed by atoms with Crippen LogP contribution in [0.5, 0.6) is 5.75 Å². The summed E-state index contributed by atoms with van der Waals surface area (Å²) in [6, 6.07) is 16.9. The zero-order chi connectivity index (χ0) is 17.8. The molecular formula is C20H21NO4. The number of aliphatic carboxylic acids is 1. The van der Waals surface area contributed by atoms with Gasteiger partial charge in [-0.1, -0.05) is 42.5 Å². The van der Waals surface area contributed by atoms with Crippen LogP contribution in [0.2, 0.25) is 0 Å². The van der Waals surface area contributed by atoms with Crippen molar-refractivity contribution in [2.75, 3.05) is 0 Å². The lowest BCUT2D eigenvalue weighted by Crippen LogP contribution is -2.39. The number of ether oxygens (including phenoxy) is 1. The number of carboxylic acids is 1. The summed E-state index contributed by atoms with van der Waals surface area (Å²) in [6.07, 6.45) is 0.752. The van der Waals surface area contributed by atoms with Gasteiger partial charge in [0.05, 0.1) is 0 Å². The van der Waals surface area contributed by atoms with E-state index in [1.54, 1.807) is 0 Å². The average molecular weight is 339 g/mol. The van der Waals surface area contributed by atoms with E-state index in [4.69, 9.17) is 9.84 Å². The second-order valence-electron chi connectivity index (χ2n) is 6.36. The molecule has 3 rings (SSSR count). The summed E-state index contributed by atoms with van der Waals surface area (Å²) in [4.78, 5) is 22.8. The average Bonchev–Trinajstić information content (AvgIpc) is 3.42. The summed E-state index contributed by atoms with van der Waals surface area (Å²) in [5, 5.41) is 11.4. The van der Waals surface area contributed by atoms with Gasteiger partial charge >= 0.3 is 5.97 Å². The third kappa shape index (κ3) is 4.38. The number of nitrogens with one attached hydrogen (secondary N) is 1. The predicted molar refractivity (Wildman–Crippen MR) is 93.3 cm³/mol. The van der Waals surface area contributed by atoms with E-state index in [2.05, 4.69) is 5.32 Å². The first-order valence-electron chi connectivity index (χ1n) is 8.34. The van der Waals surface area contributed by atoms with Crippen molar-refractivity contribution in [2.24, 2.45) is 5.92 Å². The van der Waals surface area contributed by atoms with Gasteiger partial charge in [-0.2, -0.15) is 0 Å². The van der Waals surface area contributed by atoms with Gasteiger partial charge in [-0.15, -0.1) is 0 Å². The molecule has 2 aromatic rings. The first-order valence-corrected chi connectivity index (χ1v) is 8.34. The van der Waals surface area contributed by atoms with Gasteiger partial charge in [0.15, 0.2) is 0 Å². The molecule has 5 nitrogen and oxygen atoms in total. The molecule has 1 saturated carbocycles. The molecule has 3 atom stereocenters. The van der Waals surface area contributed by atoms with Crippen molar-refractivity contribution in [3.63, 3.8) is 0 Å². The van der Waals surface area contributed by atoms with Crippen LogP contribution < -0.4 is 10.1 Å². The van der Waals surface area contributed by atoms with Crippen LogP contribution in [0.1, 0.15) is 30.4 Å². The summed E-state index contributed by atoms with van der Waals surface area (Å²) in [7, 11) is 0. The Hall–Kier alpha value is -2.82. The van der Waals surface area contributed by atoms with Gasteiger partial charge in [0.2, 0.25) is 5.91 Å². The van der Waals surface area contributed by atoms with Crippen LogP contribution in [0, 0.1) is 5.92 Å². The number of hydrogen-bond acceptors (Lipinski definition) is 3. The Morgan fingerprint density at radius 1 is 1.16 bits per heavy atom. The number of hydrogen-bond donors (Lipinski definition) is 2. The fourth-order valence-electron chi connectivity index (χ4n) is 2.79. The first kappa shape index (κ1) is 17.0. The number of amides is 1. The minimum Gasteiger partial charge on any atom is -0.489 e. The molecule has 2 aromatic carbocycles. The Bertz CT molecular complexity index is 742. The molecule has 5 heteroatoms. The summed E-state index contributed by atoms with van der Waals surface area (Å²) in [6.45, 7) is 1.98. The Labute approximate surface area is 146 Å². The van der Waals surface area contributed by atoms with Crippen LogP contribution in [0.25, 0.3) is 0 Å². The van der Waals surface area contributed by atoms with Gasteiger partial charge in [-0.05, 0) is 42.5 Å². The van der Waals surface area contributed by atoms with Crippen molar-refractivity contribution in [2.45, 2.75) is 31.9 Å². The normalized spacial score (nSPS) is 19.7. The van der Waals surface area contributed by atoms with Gasteiger partial charge in [0, 0.05) is 5.92 Å². The highest BCUT2D eigenvalue weighted by atomic mass is 16.5. The number of benzene rings is 2. The smallest absolute Gasteiger partial charge is 0.325 e. The molecule has 130 valence electrons. The highest BCUT2D eigenvalue weighted by molar-refractivity contribution is 5.87. The number of carbonyl (C=O) groups excluding carboxylic acids is 1. The number of carbonyl (C=O) groups is 2. The SMILES string of the molecule is C[C@H](NC(=O)C1CC1c1ccc(OCc2ccccc2)cc1)C(=O)O. The van der Waals surface area contributed by atoms with E-state index in [9.17, 15) is 9.59 Å². The molecule has 1 aliphatic rings. The van der Waals surface area contributed by atoms with Gasteiger partial charge in [-0.25, -0.2) is 0 Å². The quantitative estimate of drug-likeness (QED) is 0.813. The molecule has 0 saturated heterocycles. The van der Waals surface area contributed by atoms with Crippen LogP contribution in [-0.4, -0.2) is 23.0 Å². The molecule has 0 bridgehead atoms. The van der Waals surface area contributed by atoms with Crippen LogP contribution in [-0.2, 0) is 16.2 Å².